The van der Waals surface area contributed by atoms with Crippen LogP contribution in [0.4, 0.5) is 0 Å². The van der Waals surface area contributed by atoms with E-state index >= 15 is 9.59 Å². The molecule has 140 heavy (non-hydrogen) atoms. The van der Waals surface area contributed by atoms with E-state index in [9.17, 15) is 82.8 Å². The number of nitrogens with zero attached hydrogens (tertiary/aromatic N) is 1. The Morgan fingerprint density at radius 3 is 1.81 bits per heavy atom. The number of nitrogens with two attached hydrogens (primary N) is 4. The third-order valence-electron chi connectivity index (χ3n) is 27.1. The molecule has 4 aliphatic rings. The van der Waals surface area contributed by atoms with Crippen molar-refractivity contribution in [2.24, 2.45) is 51.5 Å². The van der Waals surface area contributed by atoms with E-state index in [1.807, 2.05) is 31.2 Å². The summed E-state index contributed by atoms with van der Waals surface area (Å²) in [6, 6.07) is 20.1. The Morgan fingerprint density at radius 2 is 1.24 bits per heavy atom. The fourth-order valence-electron chi connectivity index (χ4n) is 18.8. The van der Waals surface area contributed by atoms with Gasteiger partial charge < -0.3 is 125 Å². The molecule has 3 unspecified atom stereocenters. The van der Waals surface area contributed by atoms with E-state index in [4.69, 9.17) is 56.8 Å². The normalized spacial score (nSPS) is 22.4. The number of esters is 5. The molecule has 3 aliphatic carbocycles. The molecule has 9 amide bonds. The highest BCUT2D eigenvalue weighted by atomic mass is 32.2. The van der Waals surface area contributed by atoms with Crippen LogP contribution in [0.1, 0.15) is 184 Å². The van der Waals surface area contributed by atoms with Gasteiger partial charge in [0.2, 0.25) is 59.2 Å². The molecular formula is C98H130N16O25S. The highest BCUT2D eigenvalue weighted by molar-refractivity contribution is 7.99. The van der Waals surface area contributed by atoms with Crippen molar-refractivity contribution in [3.63, 3.8) is 0 Å². The van der Waals surface area contributed by atoms with Gasteiger partial charge in [-0.3, -0.25) is 72.3 Å². The highest BCUT2D eigenvalue weighted by Crippen LogP contribution is 2.65. The minimum atomic E-state index is -2.64. The molecule has 758 valence electrons. The number of aromatic hydroxyl groups is 2. The summed E-state index contributed by atoms with van der Waals surface area (Å²) in [6.07, 6.45) is -10.7. The minimum Gasteiger partial charge on any atom is -0.494 e. The van der Waals surface area contributed by atoms with Crippen molar-refractivity contribution in [3.05, 3.63) is 161 Å². The van der Waals surface area contributed by atoms with Crippen molar-refractivity contribution in [1.82, 2.24) is 57.4 Å². The number of fused-ring (bicyclic) bond motifs is 6. The summed E-state index contributed by atoms with van der Waals surface area (Å²) in [7, 11) is 1.43. The number of guanidine groups is 1. The molecule has 2 saturated carbocycles. The lowest BCUT2D eigenvalue weighted by molar-refractivity contribution is -0.346. The van der Waals surface area contributed by atoms with Crippen LogP contribution in [0.3, 0.4) is 0 Å². The van der Waals surface area contributed by atoms with E-state index in [2.05, 4.69) is 52.8 Å². The summed E-state index contributed by atoms with van der Waals surface area (Å²) < 4.78 is 38.2. The molecule has 1 aliphatic heterocycles. The maximum atomic E-state index is 16.1. The molecule has 6 aromatic rings. The molecule has 3 heterocycles. The number of likely N-dealkylation sites (N-methyl/N-ethyl adjacent to an activating group) is 1. The van der Waals surface area contributed by atoms with Crippen molar-refractivity contribution < 1.29 is 121 Å². The maximum absolute atomic E-state index is 16.1. The Kier molecular flexibility index (Phi) is 37.3. The quantitative estimate of drug-likeness (QED) is 0.00496. The number of thioether (sulfide) groups is 1. The number of Topliss-reactive ketones (excluding diaryl/α,β-unsaturated/α-hetero) is 1. The number of ether oxygens (including phenoxy) is 6. The number of aromatic nitrogens is 2. The summed E-state index contributed by atoms with van der Waals surface area (Å²) in [4.78, 5) is 220. The number of H-pyrrole nitrogens is 1. The Labute approximate surface area is 813 Å². The van der Waals surface area contributed by atoms with Crippen LogP contribution in [0.15, 0.2) is 144 Å². The lowest BCUT2D eigenvalue weighted by Crippen LogP contribution is -2.82. The molecule has 2 aromatic heterocycles. The summed E-state index contributed by atoms with van der Waals surface area (Å²) >= 11 is 0.733. The molecule has 10 rings (SSSR count). The first-order valence-corrected chi connectivity index (χ1v) is 47.7. The Morgan fingerprint density at radius 1 is 0.679 bits per heavy atom. The number of carbonyl (C=O) groups excluding carboxylic acids is 15. The van der Waals surface area contributed by atoms with Crippen LogP contribution in [-0.4, -0.2) is 247 Å². The number of aliphatic hydroxyl groups is 2. The van der Waals surface area contributed by atoms with E-state index < -0.39 is 276 Å². The Balaban J connectivity index is 0.867. The Bertz CT molecular complexity index is 5550. The van der Waals surface area contributed by atoms with Gasteiger partial charge in [-0.15, -0.1) is 11.8 Å². The summed E-state index contributed by atoms with van der Waals surface area (Å²) in [5.74, 6) is -19.1. The van der Waals surface area contributed by atoms with E-state index in [0.29, 0.717) is 19.3 Å². The van der Waals surface area contributed by atoms with Crippen molar-refractivity contribution in [2.75, 3.05) is 32.5 Å². The topological polar surface area (TPSA) is 649 Å². The first kappa shape index (κ1) is 109. The van der Waals surface area contributed by atoms with E-state index in [0.717, 1.165) is 52.7 Å². The molecule has 0 spiro atoms. The predicted octanol–water partition coefficient (Wildman–Crippen LogP) is 3.14. The molecule has 1 saturated heterocycles. The first-order valence-electron chi connectivity index (χ1n) is 46.8. The van der Waals surface area contributed by atoms with E-state index in [-0.39, 0.29) is 84.3 Å². The number of hydrogen-bond donors (Lipinski definition) is 19. The number of amides is 9. The molecule has 2 bridgehead atoms. The SMILES string of the molecule is CCC(C)[C@H](NC(=O)[C@H](CCCCN)NC(=O)[C@@H](NC(=O)[C@H](CCC(N)=O)NC(=O)[C@H](CCCNC(=N)N)NC(=O)[C@@H](N)CSc1cc(O)n(CCC(=O)O[C@@H](C(=O)O[C@H]2C[C@@]3(O)[C@@H](OC(=O)c4ccccc4)C4[C@](C)(C(=O)[C@H](OC(C)=O)C(=C2C)C3(C)C)[C@@H](O)C[C@H]2OC[C@@]42OC(C)=O)[C@@H](NC(=O)c2ccccc2)c2ccccc2)c1O)C(C)CC)C(=O)N[C@@H](Cc1c[nH]c2ccccc12)C(=O)NC. The van der Waals surface area contributed by atoms with Crippen molar-refractivity contribution in [3.8, 4) is 11.8 Å². The van der Waals surface area contributed by atoms with Gasteiger partial charge in [0.1, 0.15) is 66.2 Å². The van der Waals surface area contributed by atoms with Gasteiger partial charge in [-0.25, -0.2) is 9.59 Å². The van der Waals surface area contributed by atoms with Crippen LogP contribution >= 0.6 is 11.8 Å². The predicted molar refractivity (Wildman–Crippen MR) is 510 cm³/mol. The number of hydrogen-bond acceptors (Lipinski definition) is 29. The van der Waals surface area contributed by atoms with Gasteiger partial charge in [-0.05, 0) is 123 Å². The molecule has 0 radical (unpaired) electrons. The first-order chi connectivity index (χ1) is 66.4. The zero-order valence-electron chi connectivity index (χ0n) is 80.2. The Hall–Kier alpha value is -13.3. The molecule has 3 fully saturated rings. The third kappa shape index (κ3) is 25.3. The molecule has 42 heteroatoms. The number of nitrogens with one attached hydrogen (secondary N) is 11. The number of benzene rings is 4. The number of aliphatic hydroxyl groups excluding tert-OH is 1. The second-order valence-electron chi connectivity index (χ2n) is 36.8. The van der Waals surface area contributed by atoms with Crippen LogP contribution in [-0.2, 0) is 104 Å². The van der Waals surface area contributed by atoms with Crippen molar-refractivity contribution >= 4 is 117 Å². The van der Waals surface area contributed by atoms with E-state index in [1.54, 1.807) is 69.4 Å². The average Bonchev–Trinajstić information content (AvgIpc) is 0.703. The van der Waals surface area contributed by atoms with Gasteiger partial charge in [0.05, 0.1) is 47.0 Å². The van der Waals surface area contributed by atoms with Crippen molar-refractivity contribution in [1.29, 1.82) is 5.41 Å². The highest BCUT2D eigenvalue weighted by Gasteiger charge is 2.78. The lowest BCUT2D eigenvalue weighted by atomic mass is 9.44. The second-order valence-corrected chi connectivity index (χ2v) is 37.8. The van der Waals surface area contributed by atoms with E-state index in [1.165, 1.54) is 83.3 Å². The van der Waals surface area contributed by atoms with Crippen LogP contribution in [0, 0.1) is 34.0 Å². The van der Waals surface area contributed by atoms with Gasteiger partial charge >= 0.3 is 29.8 Å². The summed E-state index contributed by atoms with van der Waals surface area (Å²) in [6.45, 7) is 13.9. The monoisotopic (exact) mass is 1960 g/mol. The number of para-hydroxylation sites is 1. The van der Waals surface area contributed by atoms with Crippen LogP contribution in [0.5, 0.6) is 11.8 Å². The second kappa shape index (κ2) is 48.1. The lowest BCUT2D eigenvalue weighted by Gasteiger charge is -2.67. The van der Waals surface area contributed by atoms with Gasteiger partial charge in [-0.1, -0.05) is 139 Å². The standard InChI is InChI=1S/C98H130N16O25S/c1-12-51(3)75(89(128)109-63(36-25-26-41-99)87(126)111-76(52(4)13-2)90(129)110-66(85(124)104-11)44-59-48-106-62-35-24-23-34-60(59)62)112-88(127)65(38-39-71(101)118)108-86(125)64(37-27-42-105-94(102)103)107-84(123)61(100)49-140-68-45-72(119)114(91(68)130)43-40-73(120)137-79(77(56-28-17-14-18-29-56)113-83(122)57-30-19-15-20-31-57)93(132)136-67-47-98(133)82(138-92(131)58-32-21-16-22-33-58)80-96(10,69(117)46-70-97(80,50-134-70)139-55(7)116)81(121)78(135-54(6)115)74(53(67)5)95(98,8)9/h14-24,28-35,45,48,51-52,61,63-67,69-70,75-80,82,106,117,119,130,133H,12-13,25-27,36-44,46-47,49-50,99-100H2,1-11H3,(H2,101,118)(H,104,124)(H,107,123)(H,108,125)(H,109,128)(H,110,129)(H,111,126)(H,112,127)(H,113,122)(H4,102,103,105)/t51?,52?,61-,63-,64-,65-,66-,67-,69-,70+,75-,76-,77-,78+,79+,80?,82-,96+,97-,98+/m0/s1. The fraction of sp³-hybridized carbons (Fsp3) is 0.510. The molecule has 41 nitrogen and oxygen atoms in total. The number of ketones is 1. The number of carbonyl (C=O) groups is 15. The molecule has 23 N–H and O–H groups in total. The molecular weight excluding hydrogens is 1830 g/mol. The zero-order valence-corrected chi connectivity index (χ0v) is 81.0. The van der Waals surface area contributed by atoms with Gasteiger partial charge in [0.25, 0.3) is 5.91 Å². The maximum Gasteiger partial charge on any atom is 0.350 e. The van der Waals surface area contributed by atoms with Crippen LogP contribution < -0.4 is 70.8 Å². The smallest absolute Gasteiger partial charge is 0.350 e. The summed E-state index contributed by atoms with van der Waals surface area (Å²) in [5.41, 5.74) is 16.4. The number of aromatic amines is 1. The van der Waals surface area contributed by atoms with Crippen LogP contribution in [0.25, 0.3) is 10.9 Å². The zero-order chi connectivity index (χ0) is 103. The third-order valence-corrected chi connectivity index (χ3v) is 28.2. The molecule has 20 atom stereocenters. The largest absolute Gasteiger partial charge is 0.494 e. The number of unbranched alkanes of at least 4 members (excludes halogenated alkanes) is 1. The number of primary amides is 1. The fourth-order valence-corrected chi connectivity index (χ4v) is 19.7. The van der Waals surface area contributed by atoms with Gasteiger partial charge in [0.15, 0.2) is 29.3 Å². The average molecular weight is 1960 g/mol. The minimum absolute atomic E-state index is 0.00907. The number of rotatable bonds is 47. The van der Waals surface area contributed by atoms with Crippen LogP contribution in [0.2, 0.25) is 0 Å². The molecule has 4 aromatic carbocycles. The summed E-state index contributed by atoms with van der Waals surface area (Å²) in [5, 5.41) is 82.9. The van der Waals surface area contributed by atoms with Gasteiger partial charge in [0, 0.05) is 99.6 Å². The van der Waals surface area contributed by atoms with Crippen molar-refractivity contribution in [2.45, 2.75) is 260 Å². The van der Waals surface area contributed by atoms with Gasteiger partial charge in [-0.2, -0.15) is 0 Å².